The third-order valence-corrected chi connectivity index (χ3v) is 8.23. The van der Waals surface area contributed by atoms with Crippen LogP contribution in [-0.2, 0) is 33.5 Å². The maximum Gasteiger partial charge on any atom is 0.280 e. The third kappa shape index (κ3) is 4.58. The summed E-state index contributed by atoms with van der Waals surface area (Å²) in [4.78, 5) is 16.2. The molecule has 0 saturated carbocycles. The Hall–Kier alpha value is -2.22. The highest BCUT2D eigenvalue weighted by atomic mass is 32.2. The number of hydrogen-bond donors (Lipinski definition) is 1. The summed E-state index contributed by atoms with van der Waals surface area (Å²) in [6.45, 7) is 5.65. The largest absolute Gasteiger partial charge is 0.333 e. The van der Waals surface area contributed by atoms with Gasteiger partial charge in [0.1, 0.15) is 0 Å². The molecule has 1 atom stereocenters. The van der Waals surface area contributed by atoms with Crippen molar-refractivity contribution in [2.45, 2.75) is 31.7 Å². The maximum atomic E-state index is 13.1. The van der Waals surface area contributed by atoms with Crippen molar-refractivity contribution in [3.63, 3.8) is 0 Å². The van der Waals surface area contributed by atoms with Gasteiger partial charge in [-0.3, -0.25) is 4.79 Å². The quantitative estimate of drug-likeness (QED) is 0.762. The van der Waals surface area contributed by atoms with E-state index >= 15 is 0 Å². The van der Waals surface area contributed by atoms with Gasteiger partial charge in [0, 0.05) is 13.1 Å². The van der Waals surface area contributed by atoms with Crippen LogP contribution in [0.1, 0.15) is 23.6 Å². The van der Waals surface area contributed by atoms with E-state index in [-0.39, 0.29) is 17.7 Å². The SMILES string of the molecule is C[C@@H](C(=O)N1CCc2ccccc2C1)[NH+]1CCN(S(=O)(=O)Cc2ccccc2)CC1. The summed E-state index contributed by atoms with van der Waals surface area (Å²) in [6.07, 6.45) is 0.898. The number of nitrogens with zero attached hydrogens (tertiary/aromatic N) is 2. The van der Waals surface area contributed by atoms with Gasteiger partial charge in [-0.15, -0.1) is 0 Å². The second-order valence-electron chi connectivity index (χ2n) is 8.30. The summed E-state index contributed by atoms with van der Waals surface area (Å²) in [5.74, 6) is 0.199. The van der Waals surface area contributed by atoms with E-state index in [4.69, 9.17) is 0 Å². The minimum Gasteiger partial charge on any atom is -0.333 e. The molecule has 7 heteroatoms. The first-order chi connectivity index (χ1) is 14.4. The van der Waals surface area contributed by atoms with Gasteiger partial charge >= 0.3 is 0 Å². The van der Waals surface area contributed by atoms with Crippen LogP contribution in [0.5, 0.6) is 0 Å². The minimum atomic E-state index is -3.34. The Morgan fingerprint density at radius 1 is 0.967 bits per heavy atom. The van der Waals surface area contributed by atoms with Crippen LogP contribution in [-0.4, -0.2) is 62.3 Å². The van der Waals surface area contributed by atoms with Gasteiger partial charge in [0.15, 0.2) is 6.04 Å². The van der Waals surface area contributed by atoms with Crippen molar-refractivity contribution < 1.29 is 18.1 Å². The Bertz CT molecular complexity index is 986. The fraction of sp³-hybridized carbons (Fsp3) is 0.435. The first-order valence-corrected chi connectivity index (χ1v) is 12.3. The first kappa shape index (κ1) is 21.0. The molecule has 0 aliphatic carbocycles. The van der Waals surface area contributed by atoms with Crippen LogP contribution >= 0.6 is 0 Å². The van der Waals surface area contributed by atoms with Gasteiger partial charge in [-0.1, -0.05) is 54.6 Å². The van der Waals surface area contributed by atoms with Crippen LogP contribution in [0.15, 0.2) is 54.6 Å². The lowest BCUT2D eigenvalue weighted by Gasteiger charge is -2.37. The zero-order valence-corrected chi connectivity index (χ0v) is 18.3. The lowest BCUT2D eigenvalue weighted by molar-refractivity contribution is -0.918. The molecule has 2 heterocycles. The molecule has 2 aliphatic heterocycles. The lowest BCUT2D eigenvalue weighted by atomic mass is 9.99. The molecule has 0 spiro atoms. The molecule has 0 radical (unpaired) electrons. The number of rotatable bonds is 5. The summed E-state index contributed by atoms with van der Waals surface area (Å²) < 4.78 is 27.1. The molecule has 160 valence electrons. The van der Waals surface area contributed by atoms with Crippen LogP contribution < -0.4 is 4.90 Å². The Morgan fingerprint density at radius 3 is 2.30 bits per heavy atom. The number of carbonyl (C=O) groups excluding carboxylic acids is 1. The monoisotopic (exact) mass is 428 g/mol. The molecular formula is C23H30N3O3S+. The number of fused-ring (bicyclic) bond motifs is 1. The molecule has 6 nitrogen and oxygen atoms in total. The van der Waals surface area contributed by atoms with E-state index in [1.165, 1.54) is 16.0 Å². The van der Waals surface area contributed by atoms with Crippen molar-refractivity contribution in [2.75, 3.05) is 32.7 Å². The van der Waals surface area contributed by atoms with Crippen LogP contribution in [0.25, 0.3) is 0 Å². The van der Waals surface area contributed by atoms with Crippen LogP contribution in [0.4, 0.5) is 0 Å². The van der Waals surface area contributed by atoms with E-state index in [1.54, 1.807) is 4.31 Å². The molecule has 0 unspecified atom stereocenters. The van der Waals surface area contributed by atoms with E-state index in [0.717, 1.165) is 18.5 Å². The van der Waals surface area contributed by atoms with Crippen molar-refractivity contribution in [1.29, 1.82) is 0 Å². The highest BCUT2D eigenvalue weighted by Crippen LogP contribution is 2.19. The molecule has 30 heavy (non-hydrogen) atoms. The number of hydrogen-bond acceptors (Lipinski definition) is 3. The standard InChI is InChI=1S/C23H29N3O3S/c1-19(23(27)25-12-11-21-9-5-6-10-22(21)17-25)24-13-15-26(16-14-24)30(28,29)18-20-7-3-2-4-8-20/h2-10,19H,11-18H2,1H3/p+1/t19-/m0/s1. The highest BCUT2D eigenvalue weighted by Gasteiger charge is 2.36. The fourth-order valence-electron chi connectivity index (χ4n) is 4.49. The zero-order valence-electron chi connectivity index (χ0n) is 17.5. The second-order valence-corrected chi connectivity index (χ2v) is 10.3. The van der Waals surface area contributed by atoms with E-state index in [1.807, 2.05) is 48.2 Å². The molecule has 2 aromatic rings. The van der Waals surface area contributed by atoms with Crippen LogP contribution in [0.3, 0.4) is 0 Å². The van der Waals surface area contributed by atoms with Crippen molar-refractivity contribution in [3.8, 4) is 0 Å². The second kappa shape index (κ2) is 8.88. The molecule has 2 aromatic carbocycles. The Balaban J connectivity index is 1.33. The Kier molecular flexibility index (Phi) is 6.22. The Morgan fingerprint density at radius 2 is 1.60 bits per heavy atom. The summed E-state index contributed by atoms with van der Waals surface area (Å²) >= 11 is 0. The topological polar surface area (TPSA) is 62.1 Å². The number of sulfonamides is 1. The van der Waals surface area contributed by atoms with Gasteiger partial charge in [-0.2, -0.15) is 4.31 Å². The predicted molar refractivity (Wildman–Crippen MR) is 116 cm³/mol. The van der Waals surface area contributed by atoms with Gasteiger partial charge in [-0.25, -0.2) is 8.42 Å². The molecule has 1 fully saturated rings. The predicted octanol–water partition coefficient (Wildman–Crippen LogP) is 0.690. The number of amides is 1. The summed E-state index contributed by atoms with van der Waals surface area (Å²) in [7, 11) is -3.34. The van der Waals surface area contributed by atoms with E-state index in [2.05, 4.69) is 18.2 Å². The zero-order chi connectivity index (χ0) is 21.1. The molecular weight excluding hydrogens is 398 g/mol. The number of quaternary nitrogens is 1. The van der Waals surface area contributed by atoms with E-state index in [9.17, 15) is 13.2 Å². The summed E-state index contributed by atoms with van der Waals surface area (Å²) in [6, 6.07) is 17.5. The van der Waals surface area contributed by atoms with Crippen molar-refractivity contribution in [2.24, 2.45) is 0 Å². The van der Waals surface area contributed by atoms with E-state index < -0.39 is 10.0 Å². The normalized spacial score (nSPS) is 19.3. The van der Waals surface area contributed by atoms with Crippen LogP contribution in [0.2, 0.25) is 0 Å². The molecule has 1 amide bonds. The highest BCUT2D eigenvalue weighted by molar-refractivity contribution is 7.88. The van der Waals surface area contributed by atoms with Crippen molar-refractivity contribution in [1.82, 2.24) is 9.21 Å². The van der Waals surface area contributed by atoms with Crippen LogP contribution in [0, 0.1) is 0 Å². The van der Waals surface area contributed by atoms with E-state index in [0.29, 0.717) is 32.7 Å². The average molecular weight is 429 g/mol. The number of piperazine rings is 1. The van der Waals surface area contributed by atoms with Gasteiger partial charge in [0.2, 0.25) is 10.0 Å². The summed E-state index contributed by atoms with van der Waals surface area (Å²) in [5, 5.41) is 0. The number of nitrogens with one attached hydrogen (secondary N) is 1. The van der Waals surface area contributed by atoms with Gasteiger partial charge in [0.05, 0.1) is 31.9 Å². The number of carbonyl (C=O) groups is 1. The minimum absolute atomic E-state index is 0.0326. The molecule has 0 bridgehead atoms. The molecule has 1 saturated heterocycles. The van der Waals surface area contributed by atoms with Gasteiger partial charge in [-0.05, 0) is 30.0 Å². The third-order valence-electron chi connectivity index (χ3n) is 6.38. The van der Waals surface area contributed by atoms with Gasteiger partial charge in [0.25, 0.3) is 5.91 Å². The van der Waals surface area contributed by atoms with Crippen molar-refractivity contribution >= 4 is 15.9 Å². The molecule has 2 aliphatic rings. The van der Waals surface area contributed by atoms with Crippen molar-refractivity contribution in [3.05, 3.63) is 71.3 Å². The smallest absolute Gasteiger partial charge is 0.280 e. The first-order valence-electron chi connectivity index (χ1n) is 10.7. The summed E-state index contributed by atoms with van der Waals surface area (Å²) in [5.41, 5.74) is 3.37. The molecule has 1 N–H and O–H groups in total. The van der Waals surface area contributed by atoms with Gasteiger partial charge < -0.3 is 9.80 Å². The molecule has 4 rings (SSSR count). The average Bonchev–Trinajstić information content (AvgIpc) is 2.78. The fourth-order valence-corrected chi connectivity index (χ4v) is 6.03. The lowest BCUT2D eigenvalue weighted by Crippen LogP contribution is -3.19. The number of benzene rings is 2. The molecule has 0 aromatic heterocycles. The Labute approximate surface area is 179 Å². The maximum absolute atomic E-state index is 13.1.